The largest absolute Gasteiger partial charge is 0.318 e. The quantitative estimate of drug-likeness (QED) is 0.872. The van der Waals surface area contributed by atoms with Gasteiger partial charge in [0.15, 0.2) is 0 Å². The van der Waals surface area contributed by atoms with E-state index in [1.54, 1.807) is 24.3 Å². The number of benzene rings is 1. The van der Waals surface area contributed by atoms with Gasteiger partial charge in [0.1, 0.15) is 11.9 Å². The standard InChI is InChI=1S/C13H10ClFN2S/c14-9-5-3-8(4-6-9)12-11(15)13(17-16-12)10-2-1-7-18-10/h1-7,13,16-17H. The van der Waals surface area contributed by atoms with Crippen molar-refractivity contribution in [3.8, 4) is 0 Å². The first-order chi connectivity index (χ1) is 8.75. The van der Waals surface area contributed by atoms with Crippen LogP contribution >= 0.6 is 22.9 Å². The lowest BCUT2D eigenvalue weighted by atomic mass is 10.1. The molecule has 1 aromatic carbocycles. The zero-order valence-electron chi connectivity index (χ0n) is 9.28. The summed E-state index contributed by atoms with van der Waals surface area (Å²) in [5.74, 6) is -0.195. The van der Waals surface area contributed by atoms with Crippen LogP contribution in [-0.4, -0.2) is 0 Å². The first kappa shape index (κ1) is 11.7. The summed E-state index contributed by atoms with van der Waals surface area (Å²) < 4.78 is 14.3. The molecular weight excluding hydrogens is 271 g/mol. The molecule has 1 atom stereocenters. The smallest absolute Gasteiger partial charge is 0.149 e. The molecule has 0 bridgehead atoms. The van der Waals surface area contributed by atoms with Gasteiger partial charge in [-0.05, 0) is 23.6 Å². The maximum Gasteiger partial charge on any atom is 0.149 e. The second kappa shape index (κ2) is 4.72. The maximum atomic E-state index is 14.3. The van der Waals surface area contributed by atoms with Crippen molar-refractivity contribution >= 4 is 28.6 Å². The van der Waals surface area contributed by atoms with Gasteiger partial charge < -0.3 is 5.43 Å². The topological polar surface area (TPSA) is 24.1 Å². The number of hydrazine groups is 1. The average molecular weight is 281 g/mol. The van der Waals surface area contributed by atoms with Crippen LogP contribution in [0, 0.1) is 0 Å². The summed E-state index contributed by atoms with van der Waals surface area (Å²) in [5, 5.41) is 2.57. The fraction of sp³-hybridized carbons (Fsp3) is 0.0769. The highest BCUT2D eigenvalue weighted by Gasteiger charge is 2.28. The van der Waals surface area contributed by atoms with Gasteiger partial charge in [0.05, 0.1) is 5.70 Å². The Labute approximate surface area is 113 Å². The molecule has 0 saturated carbocycles. The van der Waals surface area contributed by atoms with Crippen molar-refractivity contribution in [3.05, 3.63) is 63.1 Å². The van der Waals surface area contributed by atoms with Gasteiger partial charge >= 0.3 is 0 Å². The maximum absolute atomic E-state index is 14.3. The van der Waals surface area contributed by atoms with E-state index in [1.807, 2.05) is 17.5 Å². The number of hydrogen-bond acceptors (Lipinski definition) is 3. The molecule has 1 aromatic heterocycles. The third kappa shape index (κ3) is 2.03. The van der Waals surface area contributed by atoms with Crippen LogP contribution in [0.15, 0.2) is 47.6 Å². The van der Waals surface area contributed by atoms with E-state index in [-0.39, 0.29) is 5.83 Å². The molecule has 92 valence electrons. The predicted octanol–water partition coefficient (Wildman–Crippen LogP) is 3.89. The fourth-order valence-corrected chi connectivity index (χ4v) is 2.79. The summed E-state index contributed by atoms with van der Waals surface area (Å²) in [6.45, 7) is 0. The third-order valence-corrected chi connectivity index (χ3v) is 3.98. The lowest BCUT2D eigenvalue weighted by Gasteiger charge is -2.05. The van der Waals surface area contributed by atoms with Crippen LogP contribution in [0.2, 0.25) is 5.02 Å². The summed E-state index contributed by atoms with van der Waals surface area (Å²) in [6.07, 6.45) is 0. The molecule has 18 heavy (non-hydrogen) atoms. The van der Waals surface area contributed by atoms with E-state index in [1.165, 1.54) is 11.3 Å². The molecular formula is C13H10ClFN2S. The zero-order valence-corrected chi connectivity index (χ0v) is 10.9. The van der Waals surface area contributed by atoms with Crippen LogP contribution in [0.3, 0.4) is 0 Å². The Morgan fingerprint density at radius 2 is 1.94 bits per heavy atom. The first-order valence-electron chi connectivity index (χ1n) is 5.46. The molecule has 0 radical (unpaired) electrons. The highest BCUT2D eigenvalue weighted by molar-refractivity contribution is 7.10. The number of thiophene rings is 1. The Kier molecular flexibility index (Phi) is 3.07. The van der Waals surface area contributed by atoms with Gasteiger partial charge in [-0.3, -0.25) is 0 Å². The van der Waals surface area contributed by atoms with Crippen molar-refractivity contribution in [2.24, 2.45) is 0 Å². The van der Waals surface area contributed by atoms with Gasteiger partial charge in [0.25, 0.3) is 0 Å². The van der Waals surface area contributed by atoms with Crippen molar-refractivity contribution < 1.29 is 4.39 Å². The fourth-order valence-electron chi connectivity index (χ4n) is 1.89. The van der Waals surface area contributed by atoms with Crippen LogP contribution in [0.5, 0.6) is 0 Å². The van der Waals surface area contributed by atoms with E-state index in [0.29, 0.717) is 10.7 Å². The SMILES string of the molecule is FC1=C(c2ccc(Cl)cc2)NNC1c1cccs1. The Bertz CT molecular complexity index is 578. The van der Waals surface area contributed by atoms with Crippen LogP contribution in [0.4, 0.5) is 4.39 Å². The number of hydrogen-bond donors (Lipinski definition) is 2. The Morgan fingerprint density at radius 1 is 1.17 bits per heavy atom. The van der Waals surface area contributed by atoms with E-state index in [4.69, 9.17) is 11.6 Å². The van der Waals surface area contributed by atoms with Gasteiger partial charge in [-0.1, -0.05) is 29.8 Å². The van der Waals surface area contributed by atoms with Crippen LogP contribution in [0.1, 0.15) is 16.5 Å². The number of nitrogens with one attached hydrogen (secondary N) is 2. The zero-order chi connectivity index (χ0) is 12.5. The van der Waals surface area contributed by atoms with Crippen molar-refractivity contribution in [1.29, 1.82) is 0 Å². The minimum absolute atomic E-state index is 0.195. The summed E-state index contributed by atoms with van der Waals surface area (Å²) in [7, 11) is 0. The van der Waals surface area contributed by atoms with Crippen LogP contribution < -0.4 is 10.9 Å². The van der Waals surface area contributed by atoms with Gasteiger partial charge in [-0.2, -0.15) is 0 Å². The van der Waals surface area contributed by atoms with Crippen LogP contribution in [0.25, 0.3) is 5.70 Å². The van der Waals surface area contributed by atoms with Gasteiger partial charge in [0.2, 0.25) is 0 Å². The predicted molar refractivity (Wildman–Crippen MR) is 72.8 cm³/mol. The molecule has 2 aromatic rings. The number of halogens is 2. The van der Waals surface area contributed by atoms with E-state index in [9.17, 15) is 4.39 Å². The second-order valence-electron chi connectivity index (χ2n) is 3.95. The van der Waals surface area contributed by atoms with Crippen molar-refractivity contribution in [1.82, 2.24) is 10.9 Å². The van der Waals surface area contributed by atoms with Gasteiger partial charge in [0, 0.05) is 15.5 Å². The van der Waals surface area contributed by atoms with E-state index >= 15 is 0 Å². The molecule has 2 heterocycles. The Hall–Kier alpha value is -1.36. The lowest BCUT2D eigenvalue weighted by molar-refractivity contribution is 0.510. The van der Waals surface area contributed by atoms with E-state index in [2.05, 4.69) is 10.9 Å². The number of rotatable bonds is 2. The molecule has 3 rings (SSSR count). The average Bonchev–Trinajstić information content (AvgIpc) is 2.99. The Morgan fingerprint density at radius 3 is 2.61 bits per heavy atom. The molecule has 1 unspecified atom stereocenters. The molecule has 1 aliphatic heterocycles. The summed E-state index contributed by atoms with van der Waals surface area (Å²) in [5.41, 5.74) is 7.11. The summed E-state index contributed by atoms with van der Waals surface area (Å²) in [6, 6.07) is 10.5. The molecule has 0 spiro atoms. The minimum Gasteiger partial charge on any atom is -0.318 e. The molecule has 0 aliphatic carbocycles. The molecule has 5 heteroatoms. The molecule has 2 N–H and O–H groups in total. The minimum atomic E-state index is -0.407. The van der Waals surface area contributed by atoms with Crippen LogP contribution in [-0.2, 0) is 0 Å². The first-order valence-corrected chi connectivity index (χ1v) is 6.72. The highest BCUT2D eigenvalue weighted by atomic mass is 35.5. The van der Waals surface area contributed by atoms with Crippen molar-refractivity contribution in [2.45, 2.75) is 6.04 Å². The normalized spacial score (nSPS) is 19.1. The monoisotopic (exact) mass is 280 g/mol. The summed E-state index contributed by atoms with van der Waals surface area (Å²) in [4.78, 5) is 0.948. The van der Waals surface area contributed by atoms with Gasteiger partial charge in [-0.25, -0.2) is 9.82 Å². The highest BCUT2D eigenvalue weighted by Crippen LogP contribution is 2.34. The van der Waals surface area contributed by atoms with Crippen molar-refractivity contribution in [2.75, 3.05) is 0 Å². The molecule has 0 amide bonds. The second-order valence-corrected chi connectivity index (χ2v) is 5.36. The molecule has 0 saturated heterocycles. The van der Waals surface area contributed by atoms with E-state index in [0.717, 1.165) is 10.4 Å². The molecule has 2 nitrogen and oxygen atoms in total. The Balaban J connectivity index is 1.95. The van der Waals surface area contributed by atoms with Crippen molar-refractivity contribution in [3.63, 3.8) is 0 Å². The lowest BCUT2D eigenvalue weighted by Crippen LogP contribution is -2.26. The van der Waals surface area contributed by atoms with Gasteiger partial charge in [-0.15, -0.1) is 11.3 Å². The van der Waals surface area contributed by atoms with E-state index < -0.39 is 6.04 Å². The third-order valence-electron chi connectivity index (χ3n) is 2.79. The summed E-state index contributed by atoms with van der Waals surface area (Å²) >= 11 is 7.35. The molecule has 1 aliphatic rings. The molecule has 0 fully saturated rings.